The first-order valence-electron chi connectivity index (χ1n) is 5.79. The van der Waals surface area contributed by atoms with Crippen LogP contribution in [0.1, 0.15) is 15.9 Å². The highest BCUT2D eigenvalue weighted by Gasteiger charge is 2.17. The summed E-state index contributed by atoms with van der Waals surface area (Å²) in [6.45, 7) is 1.97. The Labute approximate surface area is 126 Å². The van der Waals surface area contributed by atoms with Crippen LogP contribution in [0.15, 0.2) is 46.9 Å². The van der Waals surface area contributed by atoms with E-state index in [2.05, 4.69) is 15.9 Å². The number of hydrogen-bond donors (Lipinski definition) is 0. The Morgan fingerprint density at radius 2 is 1.89 bits per heavy atom. The molecule has 1 amide bonds. The van der Waals surface area contributed by atoms with Crippen molar-refractivity contribution in [1.29, 1.82) is 0 Å². The SMILES string of the molecule is Cc1ccccc1N(C)C(=O)c1cc(Br)ccc1Cl. The summed E-state index contributed by atoms with van der Waals surface area (Å²) < 4.78 is 0.832. The van der Waals surface area contributed by atoms with Gasteiger partial charge in [-0.25, -0.2) is 0 Å². The van der Waals surface area contributed by atoms with E-state index in [1.165, 1.54) is 0 Å². The Balaban J connectivity index is 2.39. The highest BCUT2D eigenvalue weighted by molar-refractivity contribution is 9.10. The minimum atomic E-state index is -0.124. The van der Waals surface area contributed by atoms with Gasteiger partial charge >= 0.3 is 0 Å². The average Bonchev–Trinajstić information content (AvgIpc) is 2.40. The maximum atomic E-state index is 12.5. The predicted molar refractivity (Wildman–Crippen MR) is 83.1 cm³/mol. The Bertz CT molecular complexity index is 627. The van der Waals surface area contributed by atoms with E-state index in [1.54, 1.807) is 24.1 Å². The lowest BCUT2D eigenvalue weighted by molar-refractivity contribution is 0.0993. The number of rotatable bonds is 2. The monoisotopic (exact) mass is 337 g/mol. The van der Waals surface area contributed by atoms with Crippen molar-refractivity contribution in [2.24, 2.45) is 0 Å². The van der Waals surface area contributed by atoms with E-state index in [-0.39, 0.29) is 5.91 Å². The highest BCUT2D eigenvalue weighted by Crippen LogP contribution is 2.25. The molecule has 19 heavy (non-hydrogen) atoms. The van der Waals surface area contributed by atoms with Gasteiger partial charge in [-0.05, 0) is 36.8 Å². The Hall–Kier alpha value is -1.32. The summed E-state index contributed by atoms with van der Waals surface area (Å²) in [6.07, 6.45) is 0. The molecule has 2 nitrogen and oxygen atoms in total. The third-order valence-electron chi connectivity index (χ3n) is 2.94. The van der Waals surface area contributed by atoms with E-state index < -0.39 is 0 Å². The van der Waals surface area contributed by atoms with Crippen LogP contribution in [0.5, 0.6) is 0 Å². The molecule has 0 N–H and O–H groups in total. The van der Waals surface area contributed by atoms with Gasteiger partial charge in [0.15, 0.2) is 0 Å². The first-order valence-corrected chi connectivity index (χ1v) is 6.96. The highest BCUT2D eigenvalue weighted by atomic mass is 79.9. The fourth-order valence-corrected chi connectivity index (χ4v) is 2.45. The third kappa shape index (κ3) is 2.99. The van der Waals surface area contributed by atoms with Crippen molar-refractivity contribution in [2.45, 2.75) is 6.92 Å². The lowest BCUT2D eigenvalue weighted by Crippen LogP contribution is -2.27. The smallest absolute Gasteiger partial charge is 0.259 e. The second-order valence-corrected chi connectivity index (χ2v) is 5.60. The molecule has 0 atom stereocenters. The lowest BCUT2D eigenvalue weighted by Gasteiger charge is -2.20. The number of aryl methyl sites for hydroxylation is 1. The summed E-state index contributed by atoms with van der Waals surface area (Å²) in [5.74, 6) is -0.124. The van der Waals surface area contributed by atoms with E-state index >= 15 is 0 Å². The quantitative estimate of drug-likeness (QED) is 0.778. The molecule has 0 radical (unpaired) electrons. The second kappa shape index (κ2) is 5.76. The molecule has 0 aliphatic rings. The van der Waals surface area contributed by atoms with Crippen LogP contribution >= 0.6 is 27.5 Å². The van der Waals surface area contributed by atoms with Crippen LogP contribution in [0.3, 0.4) is 0 Å². The first-order chi connectivity index (χ1) is 9.00. The molecule has 0 bridgehead atoms. The number of hydrogen-bond acceptors (Lipinski definition) is 1. The van der Waals surface area contributed by atoms with Crippen LogP contribution in [0.4, 0.5) is 5.69 Å². The van der Waals surface area contributed by atoms with Crippen molar-refractivity contribution in [2.75, 3.05) is 11.9 Å². The number of amides is 1. The van der Waals surface area contributed by atoms with Crippen LogP contribution in [-0.2, 0) is 0 Å². The van der Waals surface area contributed by atoms with Gasteiger partial charge in [-0.15, -0.1) is 0 Å². The van der Waals surface area contributed by atoms with E-state index in [1.807, 2.05) is 37.3 Å². The minimum absolute atomic E-state index is 0.124. The van der Waals surface area contributed by atoms with Crippen LogP contribution in [-0.4, -0.2) is 13.0 Å². The predicted octanol–water partition coefficient (Wildman–Crippen LogP) is 4.69. The van der Waals surface area contributed by atoms with Crippen molar-refractivity contribution in [1.82, 2.24) is 0 Å². The molecular weight excluding hydrogens is 326 g/mol. The molecule has 0 spiro atoms. The van der Waals surface area contributed by atoms with Crippen molar-refractivity contribution in [3.05, 3.63) is 63.1 Å². The fourth-order valence-electron chi connectivity index (χ4n) is 1.89. The first kappa shape index (κ1) is 14.1. The summed E-state index contributed by atoms with van der Waals surface area (Å²) in [4.78, 5) is 14.1. The molecule has 0 aliphatic heterocycles. The van der Waals surface area contributed by atoms with E-state index in [9.17, 15) is 4.79 Å². The summed E-state index contributed by atoms with van der Waals surface area (Å²) in [5, 5.41) is 0.452. The molecule has 4 heteroatoms. The van der Waals surface area contributed by atoms with Gasteiger partial charge in [0.2, 0.25) is 0 Å². The largest absolute Gasteiger partial charge is 0.311 e. The normalized spacial score (nSPS) is 10.3. The summed E-state index contributed by atoms with van der Waals surface area (Å²) in [5.41, 5.74) is 2.41. The third-order valence-corrected chi connectivity index (χ3v) is 3.76. The number of para-hydroxylation sites is 1. The van der Waals surface area contributed by atoms with Gasteiger partial charge in [0, 0.05) is 17.2 Å². The average molecular weight is 339 g/mol. The van der Waals surface area contributed by atoms with E-state index in [0.717, 1.165) is 15.7 Å². The van der Waals surface area contributed by atoms with Crippen molar-refractivity contribution in [3.8, 4) is 0 Å². The summed E-state index contributed by atoms with van der Waals surface area (Å²) in [6, 6.07) is 13.0. The van der Waals surface area contributed by atoms with Crippen molar-refractivity contribution in [3.63, 3.8) is 0 Å². The molecule has 0 heterocycles. The van der Waals surface area contributed by atoms with Gasteiger partial charge in [0.05, 0.1) is 10.6 Å². The number of carbonyl (C=O) groups excluding carboxylic acids is 1. The minimum Gasteiger partial charge on any atom is -0.311 e. The van der Waals surface area contributed by atoms with Gasteiger partial charge in [0.25, 0.3) is 5.91 Å². The molecule has 2 rings (SSSR count). The molecule has 0 fully saturated rings. The van der Waals surface area contributed by atoms with Crippen LogP contribution in [0, 0.1) is 6.92 Å². The molecule has 2 aromatic rings. The van der Waals surface area contributed by atoms with Gasteiger partial charge in [-0.1, -0.05) is 45.7 Å². The molecular formula is C15H13BrClNO. The van der Waals surface area contributed by atoms with Crippen molar-refractivity contribution >= 4 is 39.1 Å². The zero-order valence-corrected chi connectivity index (χ0v) is 13.0. The maximum absolute atomic E-state index is 12.5. The van der Waals surface area contributed by atoms with Gasteiger partial charge in [-0.2, -0.15) is 0 Å². The molecule has 0 aliphatic carbocycles. The molecule has 98 valence electrons. The van der Waals surface area contributed by atoms with Crippen LogP contribution in [0.2, 0.25) is 5.02 Å². The lowest BCUT2D eigenvalue weighted by atomic mass is 10.1. The molecule has 0 saturated heterocycles. The van der Waals surface area contributed by atoms with Gasteiger partial charge < -0.3 is 4.90 Å². The van der Waals surface area contributed by atoms with Crippen LogP contribution < -0.4 is 4.90 Å². The fraction of sp³-hybridized carbons (Fsp3) is 0.133. The maximum Gasteiger partial charge on any atom is 0.259 e. The van der Waals surface area contributed by atoms with Gasteiger partial charge in [0.1, 0.15) is 0 Å². The Kier molecular flexibility index (Phi) is 4.27. The summed E-state index contributed by atoms with van der Waals surface area (Å²) in [7, 11) is 1.75. The van der Waals surface area contributed by atoms with Crippen LogP contribution in [0.25, 0.3) is 0 Å². The molecule has 0 saturated carbocycles. The van der Waals surface area contributed by atoms with Gasteiger partial charge in [-0.3, -0.25) is 4.79 Å². The Morgan fingerprint density at radius 1 is 1.21 bits per heavy atom. The molecule has 2 aromatic carbocycles. The van der Waals surface area contributed by atoms with E-state index in [0.29, 0.717) is 10.6 Å². The molecule has 0 unspecified atom stereocenters. The van der Waals surface area contributed by atoms with Crippen molar-refractivity contribution < 1.29 is 4.79 Å². The zero-order chi connectivity index (χ0) is 14.0. The number of halogens is 2. The topological polar surface area (TPSA) is 20.3 Å². The molecule has 0 aromatic heterocycles. The standard InChI is InChI=1S/C15H13BrClNO/c1-10-5-3-4-6-14(10)18(2)15(19)12-9-11(16)7-8-13(12)17/h3-9H,1-2H3. The zero-order valence-electron chi connectivity index (χ0n) is 10.7. The summed E-state index contributed by atoms with van der Waals surface area (Å²) >= 11 is 9.45. The van der Waals surface area contributed by atoms with E-state index in [4.69, 9.17) is 11.6 Å². The Morgan fingerprint density at radius 3 is 2.58 bits per heavy atom. The number of carbonyl (C=O) groups is 1. The number of nitrogens with zero attached hydrogens (tertiary/aromatic N) is 1. The number of anilines is 1. The second-order valence-electron chi connectivity index (χ2n) is 4.27. The number of benzene rings is 2.